The molecule has 0 bridgehead atoms. The minimum atomic E-state index is -0.202. The van der Waals surface area contributed by atoms with Crippen LogP contribution in [0.15, 0.2) is 48.5 Å². The summed E-state index contributed by atoms with van der Waals surface area (Å²) in [6.45, 7) is 3.68. The fourth-order valence-electron chi connectivity index (χ4n) is 2.75. The lowest BCUT2D eigenvalue weighted by molar-refractivity contribution is -0.0666. The van der Waals surface area contributed by atoms with Gasteiger partial charge in [0.25, 0.3) is 0 Å². The van der Waals surface area contributed by atoms with Crippen LogP contribution in [0, 0.1) is 0 Å². The number of hydrogen-bond acceptors (Lipinski definition) is 4. The molecule has 0 spiro atoms. The van der Waals surface area contributed by atoms with Crippen molar-refractivity contribution in [3.05, 3.63) is 70.8 Å². The van der Waals surface area contributed by atoms with Gasteiger partial charge >= 0.3 is 0 Å². The summed E-state index contributed by atoms with van der Waals surface area (Å²) in [6.07, 6.45) is 0.733. The van der Waals surface area contributed by atoms with E-state index in [1.807, 2.05) is 6.92 Å². The Hall–Kier alpha value is -1.72. The number of rotatable bonds is 7. The van der Waals surface area contributed by atoms with Gasteiger partial charge in [-0.25, -0.2) is 0 Å². The number of hydrogen-bond donors (Lipinski definition) is 0. The Balaban J connectivity index is 1.59. The average molecular weight is 328 g/mol. The van der Waals surface area contributed by atoms with Crippen LogP contribution in [0.3, 0.4) is 0 Å². The SMILES string of the molecule is COCOC(C)c1ccc(Cc2ccc(C3OCCO3)cc2)cc1. The average Bonchev–Trinajstić information content (AvgIpc) is 3.15. The molecule has 2 aromatic carbocycles. The van der Waals surface area contributed by atoms with E-state index in [-0.39, 0.29) is 12.4 Å². The highest BCUT2D eigenvalue weighted by Gasteiger charge is 2.17. The second-order valence-corrected chi connectivity index (χ2v) is 5.95. The summed E-state index contributed by atoms with van der Waals surface area (Å²) in [5, 5.41) is 0. The lowest BCUT2D eigenvalue weighted by atomic mass is 10.0. The molecule has 0 amide bonds. The summed E-state index contributed by atoms with van der Waals surface area (Å²) >= 11 is 0. The molecule has 0 aromatic heterocycles. The van der Waals surface area contributed by atoms with E-state index in [1.165, 1.54) is 11.1 Å². The topological polar surface area (TPSA) is 36.9 Å². The second-order valence-electron chi connectivity index (χ2n) is 5.95. The van der Waals surface area contributed by atoms with Crippen LogP contribution < -0.4 is 0 Å². The Morgan fingerprint density at radius 3 is 2.12 bits per heavy atom. The molecule has 4 heteroatoms. The van der Waals surface area contributed by atoms with Crippen molar-refractivity contribution in [3.8, 4) is 0 Å². The summed E-state index contributed by atoms with van der Waals surface area (Å²) in [5.74, 6) is 0. The summed E-state index contributed by atoms with van der Waals surface area (Å²) < 4.78 is 21.5. The molecule has 3 rings (SSSR count). The fourth-order valence-corrected chi connectivity index (χ4v) is 2.75. The van der Waals surface area contributed by atoms with Crippen LogP contribution >= 0.6 is 0 Å². The van der Waals surface area contributed by atoms with Crippen molar-refractivity contribution in [3.63, 3.8) is 0 Å². The van der Waals surface area contributed by atoms with Gasteiger partial charge < -0.3 is 18.9 Å². The minimum absolute atomic E-state index is 0.0321. The van der Waals surface area contributed by atoms with Crippen molar-refractivity contribution in [1.82, 2.24) is 0 Å². The highest BCUT2D eigenvalue weighted by atomic mass is 16.7. The summed E-state index contributed by atoms with van der Waals surface area (Å²) in [7, 11) is 1.63. The van der Waals surface area contributed by atoms with Gasteiger partial charge in [0.1, 0.15) is 6.79 Å². The van der Waals surface area contributed by atoms with Crippen LogP contribution in [-0.4, -0.2) is 27.1 Å². The predicted octanol–water partition coefficient (Wildman–Crippen LogP) is 4.00. The standard InChI is InChI=1S/C20H24O4/c1-15(24-14-21-2)18-7-3-16(4-8-18)13-17-5-9-19(10-6-17)20-22-11-12-23-20/h3-10,15,20H,11-14H2,1-2H3. The quantitative estimate of drug-likeness (QED) is 0.720. The van der Waals surface area contributed by atoms with E-state index < -0.39 is 0 Å². The molecular formula is C20H24O4. The van der Waals surface area contributed by atoms with Crippen molar-refractivity contribution >= 4 is 0 Å². The summed E-state index contributed by atoms with van der Waals surface area (Å²) in [5.41, 5.74) is 4.78. The van der Waals surface area contributed by atoms with E-state index >= 15 is 0 Å². The molecule has 1 fully saturated rings. The zero-order chi connectivity index (χ0) is 16.8. The van der Waals surface area contributed by atoms with Crippen LogP contribution in [0.2, 0.25) is 0 Å². The highest BCUT2D eigenvalue weighted by molar-refractivity contribution is 5.31. The fraction of sp³-hybridized carbons (Fsp3) is 0.400. The van der Waals surface area contributed by atoms with Gasteiger partial charge in [0.15, 0.2) is 6.29 Å². The number of benzene rings is 2. The molecule has 1 aliphatic heterocycles. The van der Waals surface area contributed by atoms with E-state index in [2.05, 4.69) is 48.5 Å². The van der Waals surface area contributed by atoms with Gasteiger partial charge in [-0.05, 0) is 30.0 Å². The molecule has 1 saturated heterocycles. The maximum atomic E-state index is 5.55. The lowest BCUT2D eigenvalue weighted by Crippen LogP contribution is -2.03. The van der Waals surface area contributed by atoms with Crippen LogP contribution in [0.4, 0.5) is 0 Å². The van der Waals surface area contributed by atoms with Crippen LogP contribution in [0.25, 0.3) is 0 Å². The lowest BCUT2D eigenvalue weighted by Gasteiger charge is -2.13. The Morgan fingerprint density at radius 2 is 1.54 bits per heavy atom. The van der Waals surface area contributed by atoms with E-state index in [9.17, 15) is 0 Å². The van der Waals surface area contributed by atoms with E-state index in [0.717, 1.165) is 17.5 Å². The van der Waals surface area contributed by atoms with Crippen LogP contribution in [0.1, 0.15) is 41.6 Å². The first-order valence-electron chi connectivity index (χ1n) is 8.27. The molecule has 1 heterocycles. The van der Waals surface area contributed by atoms with Gasteiger partial charge in [-0.2, -0.15) is 0 Å². The maximum absolute atomic E-state index is 5.55. The van der Waals surface area contributed by atoms with E-state index in [0.29, 0.717) is 20.0 Å². The molecule has 0 N–H and O–H groups in total. The summed E-state index contributed by atoms with van der Waals surface area (Å²) in [4.78, 5) is 0. The van der Waals surface area contributed by atoms with Gasteiger partial charge in [0.05, 0.1) is 19.3 Å². The predicted molar refractivity (Wildman–Crippen MR) is 91.7 cm³/mol. The smallest absolute Gasteiger partial charge is 0.184 e. The third kappa shape index (κ3) is 4.42. The van der Waals surface area contributed by atoms with Crippen molar-refractivity contribution in [2.24, 2.45) is 0 Å². The third-order valence-corrected chi connectivity index (χ3v) is 4.17. The van der Waals surface area contributed by atoms with E-state index in [4.69, 9.17) is 18.9 Å². The molecule has 0 radical (unpaired) electrons. The monoisotopic (exact) mass is 328 g/mol. The first-order chi connectivity index (χ1) is 11.8. The molecule has 24 heavy (non-hydrogen) atoms. The molecule has 1 aliphatic rings. The largest absolute Gasteiger partial charge is 0.359 e. The number of ether oxygens (including phenoxy) is 4. The molecule has 2 aromatic rings. The first-order valence-corrected chi connectivity index (χ1v) is 8.27. The highest BCUT2D eigenvalue weighted by Crippen LogP contribution is 2.24. The molecular weight excluding hydrogens is 304 g/mol. The van der Waals surface area contributed by atoms with E-state index in [1.54, 1.807) is 7.11 Å². The molecule has 1 atom stereocenters. The molecule has 1 unspecified atom stereocenters. The summed E-state index contributed by atoms with van der Waals surface area (Å²) in [6, 6.07) is 17.0. The Kier molecular flexibility index (Phi) is 5.99. The molecule has 0 saturated carbocycles. The van der Waals surface area contributed by atoms with Gasteiger partial charge in [-0.1, -0.05) is 48.5 Å². The van der Waals surface area contributed by atoms with Gasteiger partial charge in [0.2, 0.25) is 0 Å². The Labute approximate surface area is 143 Å². The Morgan fingerprint density at radius 1 is 0.958 bits per heavy atom. The van der Waals surface area contributed by atoms with Crippen molar-refractivity contribution in [1.29, 1.82) is 0 Å². The van der Waals surface area contributed by atoms with Gasteiger partial charge in [-0.15, -0.1) is 0 Å². The van der Waals surface area contributed by atoms with Crippen LogP contribution in [-0.2, 0) is 25.4 Å². The van der Waals surface area contributed by atoms with Gasteiger partial charge in [0, 0.05) is 12.7 Å². The molecule has 4 nitrogen and oxygen atoms in total. The maximum Gasteiger partial charge on any atom is 0.184 e. The third-order valence-electron chi connectivity index (χ3n) is 4.17. The minimum Gasteiger partial charge on any atom is -0.359 e. The Bertz CT molecular complexity index is 615. The van der Waals surface area contributed by atoms with Crippen LogP contribution in [0.5, 0.6) is 0 Å². The normalized spacial score (nSPS) is 16.4. The first kappa shape index (κ1) is 17.1. The van der Waals surface area contributed by atoms with Gasteiger partial charge in [-0.3, -0.25) is 0 Å². The zero-order valence-corrected chi connectivity index (χ0v) is 14.2. The van der Waals surface area contributed by atoms with Crippen molar-refractivity contribution in [2.75, 3.05) is 27.1 Å². The zero-order valence-electron chi connectivity index (χ0n) is 14.2. The van der Waals surface area contributed by atoms with Crippen molar-refractivity contribution < 1.29 is 18.9 Å². The van der Waals surface area contributed by atoms with Crippen molar-refractivity contribution in [2.45, 2.75) is 25.7 Å². The second kappa shape index (κ2) is 8.40. The molecule has 128 valence electrons. The number of methoxy groups -OCH3 is 1. The molecule has 0 aliphatic carbocycles.